The summed E-state index contributed by atoms with van der Waals surface area (Å²) in [5.41, 5.74) is -0.0514. The molecular formula is C15H31Cl2N. The summed E-state index contributed by atoms with van der Waals surface area (Å²) in [6.07, 6.45) is 11.9. The molecule has 0 atom stereocenters. The zero-order valence-corrected chi connectivity index (χ0v) is 13.8. The van der Waals surface area contributed by atoms with Crippen molar-refractivity contribution in [2.75, 3.05) is 18.3 Å². The van der Waals surface area contributed by atoms with Crippen LogP contribution in [0.25, 0.3) is 0 Å². The van der Waals surface area contributed by atoms with Gasteiger partial charge in [0, 0.05) is 17.3 Å². The van der Waals surface area contributed by atoms with E-state index in [0.29, 0.717) is 11.8 Å². The Labute approximate surface area is 124 Å². The average molecular weight is 296 g/mol. The van der Waals surface area contributed by atoms with E-state index in [0.717, 1.165) is 13.0 Å². The maximum atomic E-state index is 5.99. The van der Waals surface area contributed by atoms with E-state index < -0.39 is 0 Å². The molecule has 0 bridgehead atoms. The van der Waals surface area contributed by atoms with Crippen LogP contribution in [0.2, 0.25) is 0 Å². The molecule has 0 fully saturated rings. The minimum Gasteiger partial charge on any atom is -0.309 e. The lowest BCUT2D eigenvalue weighted by atomic mass is 10.0. The second-order valence-corrected chi connectivity index (χ2v) is 5.84. The van der Waals surface area contributed by atoms with Gasteiger partial charge in [-0.05, 0) is 19.4 Å². The third-order valence-corrected chi connectivity index (χ3v) is 4.74. The average Bonchev–Trinajstić information content (AvgIpc) is 2.42. The topological polar surface area (TPSA) is 12.0 Å². The van der Waals surface area contributed by atoms with Gasteiger partial charge in [0.2, 0.25) is 0 Å². The van der Waals surface area contributed by atoms with Crippen molar-refractivity contribution in [3.63, 3.8) is 0 Å². The summed E-state index contributed by atoms with van der Waals surface area (Å²) >= 11 is 12.0. The first-order chi connectivity index (χ1) is 8.74. The van der Waals surface area contributed by atoms with Gasteiger partial charge in [-0.3, -0.25) is 0 Å². The summed E-state index contributed by atoms with van der Waals surface area (Å²) < 4.78 is 0. The van der Waals surface area contributed by atoms with Crippen molar-refractivity contribution in [3.8, 4) is 0 Å². The molecule has 1 N–H and O–H groups in total. The fourth-order valence-electron chi connectivity index (χ4n) is 2.06. The molecule has 0 radical (unpaired) electrons. The van der Waals surface area contributed by atoms with Crippen LogP contribution in [0.15, 0.2) is 0 Å². The van der Waals surface area contributed by atoms with Gasteiger partial charge < -0.3 is 5.32 Å². The van der Waals surface area contributed by atoms with Crippen LogP contribution in [0.3, 0.4) is 0 Å². The van der Waals surface area contributed by atoms with Crippen LogP contribution in [-0.4, -0.2) is 23.8 Å². The van der Waals surface area contributed by atoms with Crippen molar-refractivity contribution >= 4 is 23.2 Å². The number of unbranched alkanes of at least 4 members (excludes halogenated alkanes) is 7. The molecule has 0 saturated carbocycles. The summed E-state index contributed by atoms with van der Waals surface area (Å²) in [7, 11) is 0. The molecule has 1 nitrogen and oxygen atoms in total. The Hall–Kier alpha value is 0.540. The molecule has 0 spiro atoms. The largest absolute Gasteiger partial charge is 0.309 e. The highest BCUT2D eigenvalue weighted by molar-refractivity contribution is 6.22. The number of nitrogens with one attached hydrogen (secondary N) is 1. The van der Waals surface area contributed by atoms with E-state index in [9.17, 15) is 0 Å². The molecular weight excluding hydrogens is 265 g/mol. The molecule has 0 aromatic heterocycles. The lowest BCUT2D eigenvalue weighted by molar-refractivity contribution is 0.380. The van der Waals surface area contributed by atoms with Crippen molar-refractivity contribution in [2.24, 2.45) is 0 Å². The van der Waals surface area contributed by atoms with Gasteiger partial charge in [0.15, 0.2) is 0 Å². The van der Waals surface area contributed by atoms with E-state index in [1.165, 1.54) is 51.4 Å². The van der Waals surface area contributed by atoms with E-state index >= 15 is 0 Å². The number of hydrogen-bond acceptors (Lipinski definition) is 1. The highest BCUT2D eigenvalue weighted by atomic mass is 35.5. The minimum absolute atomic E-state index is 0.0514. The Kier molecular flexibility index (Phi) is 12.9. The molecule has 0 aliphatic carbocycles. The SMILES string of the molecule is CCCCCCCCCCNC(CC)(CCl)CCl. The van der Waals surface area contributed by atoms with Crippen LogP contribution in [0, 0.1) is 0 Å². The molecule has 0 saturated heterocycles. The molecule has 0 aliphatic rings. The van der Waals surface area contributed by atoms with Crippen LogP contribution in [0.1, 0.15) is 71.6 Å². The molecule has 18 heavy (non-hydrogen) atoms. The highest BCUT2D eigenvalue weighted by Gasteiger charge is 2.24. The first-order valence-electron chi connectivity index (χ1n) is 7.61. The molecule has 0 rings (SSSR count). The van der Waals surface area contributed by atoms with Crippen molar-refractivity contribution < 1.29 is 0 Å². The first-order valence-corrected chi connectivity index (χ1v) is 8.68. The fraction of sp³-hybridized carbons (Fsp3) is 1.00. The molecule has 3 heteroatoms. The van der Waals surface area contributed by atoms with Crippen LogP contribution in [0.4, 0.5) is 0 Å². The molecule has 0 heterocycles. The standard InChI is InChI=1S/C15H31Cl2N/c1-3-5-6-7-8-9-10-11-12-18-15(4-2,13-16)14-17/h18H,3-14H2,1-2H3. The van der Waals surface area contributed by atoms with Crippen LogP contribution in [0.5, 0.6) is 0 Å². The number of alkyl halides is 2. The third-order valence-electron chi connectivity index (χ3n) is 3.72. The Morgan fingerprint density at radius 2 is 1.28 bits per heavy atom. The van der Waals surface area contributed by atoms with Crippen molar-refractivity contribution in [1.29, 1.82) is 0 Å². The molecule has 110 valence electrons. The summed E-state index contributed by atoms with van der Waals surface area (Å²) in [4.78, 5) is 0. The monoisotopic (exact) mass is 295 g/mol. The van der Waals surface area contributed by atoms with E-state index in [4.69, 9.17) is 23.2 Å². The predicted molar refractivity (Wildman–Crippen MR) is 85.1 cm³/mol. The van der Waals surface area contributed by atoms with E-state index in [2.05, 4.69) is 19.2 Å². The predicted octanol–water partition coefficient (Wildman–Crippen LogP) is 5.34. The zero-order valence-electron chi connectivity index (χ0n) is 12.2. The number of hydrogen-bond donors (Lipinski definition) is 1. The normalized spacial score (nSPS) is 12.0. The fourth-order valence-corrected chi connectivity index (χ4v) is 2.91. The molecule has 0 aromatic rings. The maximum absolute atomic E-state index is 5.99. The van der Waals surface area contributed by atoms with Gasteiger partial charge >= 0.3 is 0 Å². The van der Waals surface area contributed by atoms with Gasteiger partial charge in [0.25, 0.3) is 0 Å². The van der Waals surface area contributed by atoms with Gasteiger partial charge in [0.1, 0.15) is 0 Å². The Morgan fingerprint density at radius 1 is 0.778 bits per heavy atom. The third kappa shape index (κ3) is 8.61. The number of halogens is 2. The Balaban J connectivity index is 3.38. The van der Waals surface area contributed by atoms with Crippen molar-refractivity contribution in [2.45, 2.75) is 77.2 Å². The van der Waals surface area contributed by atoms with Crippen LogP contribution in [-0.2, 0) is 0 Å². The lowest BCUT2D eigenvalue weighted by Gasteiger charge is -2.29. The van der Waals surface area contributed by atoms with Crippen molar-refractivity contribution in [1.82, 2.24) is 5.32 Å². The van der Waals surface area contributed by atoms with Crippen LogP contribution >= 0.6 is 23.2 Å². The van der Waals surface area contributed by atoms with E-state index in [1.54, 1.807) is 0 Å². The summed E-state index contributed by atoms with van der Waals surface area (Å²) in [5.74, 6) is 1.20. The quantitative estimate of drug-likeness (QED) is 0.357. The second-order valence-electron chi connectivity index (χ2n) is 5.30. The van der Waals surface area contributed by atoms with Crippen LogP contribution < -0.4 is 5.32 Å². The molecule has 0 aliphatic heterocycles. The van der Waals surface area contributed by atoms with Gasteiger partial charge in [-0.15, -0.1) is 23.2 Å². The van der Waals surface area contributed by atoms with E-state index in [-0.39, 0.29) is 5.54 Å². The maximum Gasteiger partial charge on any atom is 0.0451 e. The van der Waals surface area contributed by atoms with Crippen molar-refractivity contribution in [3.05, 3.63) is 0 Å². The summed E-state index contributed by atoms with van der Waals surface area (Å²) in [5, 5.41) is 3.53. The van der Waals surface area contributed by atoms with Gasteiger partial charge in [-0.2, -0.15) is 0 Å². The second kappa shape index (κ2) is 12.6. The Bertz CT molecular complexity index is 162. The van der Waals surface area contributed by atoms with E-state index in [1.807, 2.05) is 0 Å². The molecule has 0 aromatic carbocycles. The number of rotatable bonds is 13. The van der Waals surface area contributed by atoms with Gasteiger partial charge in [-0.25, -0.2) is 0 Å². The highest BCUT2D eigenvalue weighted by Crippen LogP contribution is 2.15. The van der Waals surface area contributed by atoms with Gasteiger partial charge in [-0.1, -0.05) is 58.8 Å². The molecule has 0 amide bonds. The minimum atomic E-state index is -0.0514. The smallest absolute Gasteiger partial charge is 0.0451 e. The molecule has 0 unspecified atom stereocenters. The first kappa shape index (κ1) is 18.5. The summed E-state index contributed by atoms with van der Waals surface area (Å²) in [6.45, 7) is 5.45. The summed E-state index contributed by atoms with van der Waals surface area (Å²) in [6, 6.07) is 0. The lowest BCUT2D eigenvalue weighted by Crippen LogP contribution is -2.48. The van der Waals surface area contributed by atoms with Gasteiger partial charge in [0.05, 0.1) is 0 Å². The Morgan fingerprint density at radius 3 is 1.72 bits per heavy atom. The zero-order chi connectivity index (χ0) is 13.7.